The quantitative estimate of drug-likeness (QED) is 0.801. The number of hydrogen-bond donors (Lipinski definition) is 0. The molecule has 1 aliphatic carbocycles. The molecule has 1 saturated heterocycles. The third-order valence-corrected chi connectivity index (χ3v) is 7.76. The summed E-state index contributed by atoms with van der Waals surface area (Å²) in [5.74, 6) is 0.485. The first kappa shape index (κ1) is 16.8. The van der Waals surface area contributed by atoms with Gasteiger partial charge in [-0.05, 0) is 49.8 Å². The lowest BCUT2D eigenvalue weighted by Gasteiger charge is -2.33. The van der Waals surface area contributed by atoms with E-state index in [1.54, 1.807) is 12.1 Å². The molecule has 2 aromatic carbocycles. The molecule has 1 unspecified atom stereocenters. The van der Waals surface area contributed by atoms with Crippen molar-refractivity contribution in [1.29, 1.82) is 0 Å². The standard InChI is InChI=1S/C21H25NO2S/c1-16-11-13-19(14-12-16)25(23,24)22-20-10-6-5-9-18(20)15-21(22)17-7-3-2-4-8-17/h2-4,7-8,11-14,18,20-21H,5-6,9-10,15H2,1H3/t18-,20-,21?/m0/s1. The fourth-order valence-corrected chi connectivity index (χ4v) is 6.46. The Labute approximate surface area is 150 Å². The summed E-state index contributed by atoms with van der Waals surface area (Å²) in [6.45, 7) is 1.98. The van der Waals surface area contributed by atoms with Gasteiger partial charge in [-0.25, -0.2) is 8.42 Å². The highest BCUT2D eigenvalue weighted by atomic mass is 32.2. The first-order chi connectivity index (χ1) is 12.1. The number of benzene rings is 2. The third-order valence-electron chi connectivity index (χ3n) is 5.81. The summed E-state index contributed by atoms with van der Waals surface area (Å²) in [5, 5.41) is 0. The molecule has 2 fully saturated rings. The normalized spacial score (nSPS) is 27.2. The maximum atomic E-state index is 13.5. The minimum absolute atomic E-state index is 0.0411. The molecule has 3 nitrogen and oxygen atoms in total. The van der Waals surface area contributed by atoms with Crippen LogP contribution in [0.3, 0.4) is 0 Å². The molecule has 2 aliphatic rings. The second-order valence-electron chi connectivity index (χ2n) is 7.42. The average Bonchev–Trinajstić information content (AvgIpc) is 3.03. The van der Waals surface area contributed by atoms with Crippen LogP contribution in [-0.2, 0) is 10.0 Å². The number of hydrogen-bond acceptors (Lipinski definition) is 2. The summed E-state index contributed by atoms with van der Waals surface area (Å²) in [5.41, 5.74) is 2.20. The number of sulfonamides is 1. The van der Waals surface area contributed by atoms with E-state index in [0.717, 1.165) is 36.8 Å². The molecule has 0 bridgehead atoms. The largest absolute Gasteiger partial charge is 0.243 e. The maximum absolute atomic E-state index is 13.5. The van der Waals surface area contributed by atoms with Crippen molar-refractivity contribution in [3.05, 3.63) is 65.7 Å². The predicted molar refractivity (Wildman–Crippen MR) is 99.7 cm³/mol. The molecule has 0 amide bonds. The zero-order chi connectivity index (χ0) is 17.4. The summed E-state index contributed by atoms with van der Waals surface area (Å²) in [6.07, 6.45) is 5.43. The fourth-order valence-electron chi connectivity index (χ4n) is 4.56. The van der Waals surface area contributed by atoms with Crippen LogP contribution >= 0.6 is 0 Å². The second kappa shape index (κ2) is 6.58. The molecule has 1 aliphatic heterocycles. The van der Waals surface area contributed by atoms with Crippen LogP contribution in [0.5, 0.6) is 0 Å². The Hall–Kier alpha value is -1.65. The molecule has 0 aromatic heterocycles. The van der Waals surface area contributed by atoms with Crippen molar-refractivity contribution < 1.29 is 8.42 Å². The topological polar surface area (TPSA) is 37.4 Å². The molecule has 1 heterocycles. The summed E-state index contributed by atoms with van der Waals surface area (Å²) in [4.78, 5) is 0.422. The predicted octanol–water partition coefficient (Wildman–Crippen LogP) is 4.69. The van der Waals surface area contributed by atoms with Crippen molar-refractivity contribution in [2.45, 2.75) is 56.0 Å². The Morgan fingerprint density at radius 1 is 0.920 bits per heavy atom. The van der Waals surface area contributed by atoms with Crippen molar-refractivity contribution in [3.63, 3.8) is 0 Å². The molecular formula is C21H25NO2S. The fraction of sp³-hybridized carbons (Fsp3) is 0.429. The lowest BCUT2D eigenvalue weighted by Crippen LogP contribution is -2.40. The molecule has 2 aromatic rings. The van der Waals surface area contributed by atoms with Crippen LogP contribution in [0.15, 0.2) is 59.5 Å². The first-order valence-electron chi connectivity index (χ1n) is 9.22. The Morgan fingerprint density at radius 3 is 2.32 bits per heavy atom. The summed E-state index contributed by atoms with van der Waals surface area (Å²) < 4.78 is 28.9. The van der Waals surface area contributed by atoms with Gasteiger partial charge in [-0.1, -0.05) is 60.9 Å². The van der Waals surface area contributed by atoms with E-state index < -0.39 is 10.0 Å². The molecule has 3 atom stereocenters. The smallest absolute Gasteiger partial charge is 0.207 e. The van der Waals surface area contributed by atoms with E-state index in [-0.39, 0.29) is 12.1 Å². The van der Waals surface area contributed by atoms with Crippen LogP contribution in [0.2, 0.25) is 0 Å². The van der Waals surface area contributed by atoms with Gasteiger partial charge in [-0.3, -0.25) is 0 Å². The Morgan fingerprint density at radius 2 is 1.60 bits per heavy atom. The SMILES string of the molecule is Cc1ccc(S(=O)(=O)N2C(c3ccccc3)C[C@@H]3CCCC[C@@H]32)cc1. The van der Waals surface area contributed by atoms with Gasteiger partial charge >= 0.3 is 0 Å². The van der Waals surface area contributed by atoms with Gasteiger partial charge in [-0.2, -0.15) is 4.31 Å². The molecule has 4 heteroatoms. The van der Waals surface area contributed by atoms with E-state index in [4.69, 9.17) is 0 Å². The molecule has 0 radical (unpaired) electrons. The molecule has 1 saturated carbocycles. The monoisotopic (exact) mass is 355 g/mol. The molecular weight excluding hydrogens is 330 g/mol. The van der Waals surface area contributed by atoms with E-state index in [1.165, 1.54) is 6.42 Å². The van der Waals surface area contributed by atoms with E-state index >= 15 is 0 Å². The summed E-state index contributed by atoms with van der Waals surface area (Å²) in [6, 6.07) is 17.5. The Kier molecular flexibility index (Phi) is 4.42. The van der Waals surface area contributed by atoms with Crippen LogP contribution in [0, 0.1) is 12.8 Å². The Balaban J connectivity index is 1.78. The number of nitrogens with zero attached hydrogens (tertiary/aromatic N) is 1. The summed E-state index contributed by atoms with van der Waals surface area (Å²) in [7, 11) is -3.49. The number of aryl methyl sites for hydroxylation is 1. The zero-order valence-electron chi connectivity index (χ0n) is 14.6. The van der Waals surface area contributed by atoms with Crippen LogP contribution < -0.4 is 0 Å². The van der Waals surface area contributed by atoms with Gasteiger partial charge in [0.2, 0.25) is 10.0 Å². The first-order valence-corrected chi connectivity index (χ1v) is 10.7. The number of fused-ring (bicyclic) bond motifs is 1. The molecule has 0 spiro atoms. The van der Waals surface area contributed by atoms with Crippen LogP contribution in [-0.4, -0.2) is 18.8 Å². The Bertz CT molecular complexity index is 830. The van der Waals surface area contributed by atoms with Crippen molar-refractivity contribution in [2.24, 2.45) is 5.92 Å². The second-order valence-corrected chi connectivity index (χ2v) is 9.27. The lowest BCUT2D eigenvalue weighted by atomic mass is 9.84. The minimum atomic E-state index is -3.49. The van der Waals surface area contributed by atoms with Crippen LogP contribution in [0.1, 0.15) is 49.3 Å². The highest BCUT2D eigenvalue weighted by Gasteiger charge is 2.48. The molecule has 132 valence electrons. The average molecular weight is 356 g/mol. The third kappa shape index (κ3) is 3.02. The van der Waals surface area contributed by atoms with E-state index in [0.29, 0.717) is 10.8 Å². The van der Waals surface area contributed by atoms with Gasteiger partial charge in [-0.15, -0.1) is 0 Å². The van der Waals surface area contributed by atoms with Gasteiger partial charge in [0, 0.05) is 6.04 Å². The minimum Gasteiger partial charge on any atom is -0.207 e. The zero-order valence-corrected chi connectivity index (χ0v) is 15.5. The highest BCUT2D eigenvalue weighted by Crippen LogP contribution is 2.48. The van der Waals surface area contributed by atoms with E-state index in [1.807, 2.05) is 41.6 Å². The van der Waals surface area contributed by atoms with E-state index in [2.05, 4.69) is 12.1 Å². The van der Waals surface area contributed by atoms with Gasteiger partial charge < -0.3 is 0 Å². The maximum Gasteiger partial charge on any atom is 0.243 e. The van der Waals surface area contributed by atoms with Crippen molar-refractivity contribution >= 4 is 10.0 Å². The molecule has 25 heavy (non-hydrogen) atoms. The lowest BCUT2D eigenvalue weighted by molar-refractivity contribution is 0.245. The number of rotatable bonds is 3. The van der Waals surface area contributed by atoms with Gasteiger partial charge in [0.15, 0.2) is 0 Å². The molecule has 0 N–H and O–H groups in total. The van der Waals surface area contributed by atoms with Gasteiger partial charge in [0.05, 0.1) is 10.9 Å². The molecule has 4 rings (SSSR count). The highest BCUT2D eigenvalue weighted by molar-refractivity contribution is 7.89. The van der Waals surface area contributed by atoms with Crippen LogP contribution in [0.25, 0.3) is 0 Å². The van der Waals surface area contributed by atoms with Gasteiger partial charge in [0.25, 0.3) is 0 Å². The van der Waals surface area contributed by atoms with E-state index in [9.17, 15) is 8.42 Å². The van der Waals surface area contributed by atoms with Crippen molar-refractivity contribution in [1.82, 2.24) is 4.31 Å². The van der Waals surface area contributed by atoms with Crippen molar-refractivity contribution in [2.75, 3.05) is 0 Å². The van der Waals surface area contributed by atoms with Crippen molar-refractivity contribution in [3.8, 4) is 0 Å². The summed E-state index contributed by atoms with van der Waals surface area (Å²) >= 11 is 0. The van der Waals surface area contributed by atoms with Crippen LogP contribution in [0.4, 0.5) is 0 Å². The van der Waals surface area contributed by atoms with Gasteiger partial charge in [0.1, 0.15) is 0 Å².